The van der Waals surface area contributed by atoms with Crippen LogP contribution in [0, 0.1) is 0 Å². The lowest BCUT2D eigenvalue weighted by molar-refractivity contribution is -0.123. The zero-order valence-corrected chi connectivity index (χ0v) is 12.9. The number of methoxy groups -OCH3 is 1. The standard InChI is InChI=1S/C14H30N4O2/c1-13(12-20-2)16-14(19)11-18-9-7-17(8-10-18)6-4-3-5-15/h13H,3-12,15H2,1-2H3,(H,16,19). The topological polar surface area (TPSA) is 70.8 Å². The number of amides is 1. The van der Waals surface area contributed by atoms with Crippen LogP contribution in [0.15, 0.2) is 0 Å². The summed E-state index contributed by atoms with van der Waals surface area (Å²) in [6, 6.07) is 0.0741. The number of nitrogens with two attached hydrogens (primary N) is 1. The van der Waals surface area contributed by atoms with Gasteiger partial charge in [-0.15, -0.1) is 0 Å². The normalized spacial score (nSPS) is 18.9. The Hall–Kier alpha value is -0.690. The maximum absolute atomic E-state index is 11.9. The van der Waals surface area contributed by atoms with Crippen molar-refractivity contribution in [1.29, 1.82) is 0 Å². The van der Waals surface area contributed by atoms with Gasteiger partial charge in [0.2, 0.25) is 5.91 Å². The van der Waals surface area contributed by atoms with E-state index in [1.165, 1.54) is 6.42 Å². The minimum atomic E-state index is 0.0741. The van der Waals surface area contributed by atoms with Gasteiger partial charge in [-0.2, -0.15) is 0 Å². The average molecular weight is 286 g/mol. The molecule has 0 aliphatic carbocycles. The highest BCUT2D eigenvalue weighted by atomic mass is 16.5. The molecule has 1 amide bonds. The molecular formula is C14H30N4O2. The molecule has 3 N–H and O–H groups in total. The molecule has 6 nitrogen and oxygen atoms in total. The Labute approximate surface area is 122 Å². The summed E-state index contributed by atoms with van der Waals surface area (Å²) in [5, 5.41) is 2.95. The fraction of sp³-hybridized carbons (Fsp3) is 0.929. The van der Waals surface area contributed by atoms with Gasteiger partial charge < -0.3 is 20.7 Å². The van der Waals surface area contributed by atoms with Gasteiger partial charge in [0, 0.05) is 39.3 Å². The molecule has 6 heteroatoms. The van der Waals surface area contributed by atoms with E-state index in [0.29, 0.717) is 13.2 Å². The van der Waals surface area contributed by atoms with Crippen LogP contribution in [0.25, 0.3) is 0 Å². The number of piperazine rings is 1. The number of unbranched alkanes of at least 4 members (excludes halogenated alkanes) is 1. The van der Waals surface area contributed by atoms with Crippen LogP contribution in [0.5, 0.6) is 0 Å². The summed E-state index contributed by atoms with van der Waals surface area (Å²) in [5.74, 6) is 0.0890. The minimum Gasteiger partial charge on any atom is -0.383 e. The minimum absolute atomic E-state index is 0.0741. The maximum atomic E-state index is 11.9. The SMILES string of the molecule is COCC(C)NC(=O)CN1CCN(CCCCN)CC1. The highest BCUT2D eigenvalue weighted by Gasteiger charge is 2.19. The van der Waals surface area contributed by atoms with Crippen LogP contribution in [0.2, 0.25) is 0 Å². The number of carbonyl (C=O) groups is 1. The van der Waals surface area contributed by atoms with Gasteiger partial charge in [0.1, 0.15) is 0 Å². The number of hydrogen-bond donors (Lipinski definition) is 2. The first-order valence-corrected chi connectivity index (χ1v) is 7.58. The van der Waals surface area contributed by atoms with Crippen LogP contribution >= 0.6 is 0 Å². The molecular weight excluding hydrogens is 256 g/mol. The second-order valence-electron chi connectivity index (χ2n) is 5.54. The summed E-state index contributed by atoms with van der Waals surface area (Å²) in [5.41, 5.74) is 5.50. The quantitative estimate of drug-likeness (QED) is 0.559. The molecule has 1 heterocycles. The van der Waals surface area contributed by atoms with Crippen molar-refractivity contribution in [3.05, 3.63) is 0 Å². The van der Waals surface area contributed by atoms with Crippen LogP contribution in [0.1, 0.15) is 19.8 Å². The van der Waals surface area contributed by atoms with E-state index in [4.69, 9.17) is 10.5 Å². The first-order chi connectivity index (χ1) is 9.65. The van der Waals surface area contributed by atoms with Crippen LogP contribution in [0.4, 0.5) is 0 Å². The van der Waals surface area contributed by atoms with Gasteiger partial charge in [-0.3, -0.25) is 9.69 Å². The smallest absolute Gasteiger partial charge is 0.234 e. The van der Waals surface area contributed by atoms with Crippen molar-refractivity contribution >= 4 is 5.91 Å². The first-order valence-electron chi connectivity index (χ1n) is 7.58. The predicted molar refractivity (Wildman–Crippen MR) is 80.6 cm³/mol. The lowest BCUT2D eigenvalue weighted by Crippen LogP contribution is -2.50. The molecule has 0 spiro atoms. The molecule has 1 unspecified atom stereocenters. The van der Waals surface area contributed by atoms with Gasteiger partial charge in [0.25, 0.3) is 0 Å². The average Bonchev–Trinajstić information content (AvgIpc) is 2.41. The Bertz CT molecular complexity index is 268. The first kappa shape index (κ1) is 17.4. The van der Waals surface area contributed by atoms with Gasteiger partial charge in [-0.05, 0) is 32.9 Å². The second-order valence-corrected chi connectivity index (χ2v) is 5.54. The van der Waals surface area contributed by atoms with E-state index in [1.807, 2.05) is 6.92 Å². The Morgan fingerprint density at radius 1 is 1.25 bits per heavy atom. The third kappa shape index (κ3) is 7.19. The summed E-state index contributed by atoms with van der Waals surface area (Å²) in [6.45, 7) is 8.93. The number of carbonyl (C=O) groups excluding carboxylic acids is 1. The lowest BCUT2D eigenvalue weighted by atomic mass is 10.2. The van der Waals surface area contributed by atoms with E-state index in [9.17, 15) is 4.79 Å². The highest BCUT2D eigenvalue weighted by molar-refractivity contribution is 5.78. The van der Waals surface area contributed by atoms with E-state index < -0.39 is 0 Å². The molecule has 0 saturated carbocycles. The van der Waals surface area contributed by atoms with Crippen LogP contribution < -0.4 is 11.1 Å². The zero-order valence-electron chi connectivity index (χ0n) is 12.9. The summed E-state index contributed by atoms with van der Waals surface area (Å²) in [6.07, 6.45) is 2.27. The molecule has 0 bridgehead atoms. The molecule has 1 aliphatic heterocycles. The molecule has 0 aromatic rings. The Morgan fingerprint density at radius 2 is 1.90 bits per heavy atom. The fourth-order valence-corrected chi connectivity index (χ4v) is 2.47. The molecule has 1 fully saturated rings. The largest absolute Gasteiger partial charge is 0.383 e. The molecule has 20 heavy (non-hydrogen) atoms. The third-order valence-electron chi connectivity index (χ3n) is 3.58. The summed E-state index contributed by atoms with van der Waals surface area (Å²) in [4.78, 5) is 16.5. The van der Waals surface area contributed by atoms with E-state index in [0.717, 1.165) is 45.7 Å². The predicted octanol–water partition coefficient (Wildman–Crippen LogP) is -0.506. The van der Waals surface area contributed by atoms with Crippen molar-refractivity contribution in [2.75, 3.05) is 59.5 Å². The van der Waals surface area contributed by atoms with Crippen molar-refractivity contribution in [1.82, 2.24) is 15.1 Å². The number of nitrogens with zero attached hydrogens (tertiary/aromatic N) is 2. The summed E-state index contributed by atoms with van der Waals surface area (Å²) >= 11 is 0. The molecule has 0 aromatic heterocycles. The monoisotopic (exact) mass is 286 g/mol. The Balaban J connectivity index is 2.13. The van der Waals surface area contributed by atoms with Crippen molar-refractivity contribution in [3.8, 4) is 0 Å². The molecule has 1 aliphatic rings. The second kappa shape index (κ2) is 10.1. The van der Waals surface area contributed by atoms with E-state index in [-0.39, 0.29) is 11.9 Å². The number of ether oxygens (including phenoxy) is 1. The van der Waals surface area contributed by atoms with Gasteiger partial charge in [0.05, 0.1) is 13.2 Å². The van der Waals surface area contributed by atoms with E-state index in [1.54, 1.807) is 7.11 Å². The molecule has 0 aromatic carbocycles. The van der Waals surface area contributed by atoms with Crippen molar-refractivity contribution in [2.24, 2.45) is 5.73 Å². The van der Waals surface area contributed by atoms with Gasteiger partial charge in [0.15, 0.2) is 0 Å². The summed E-state index contributed by atoms with van der Waals surface area (Å²) < 4.78 is 5.01. The van der Waals surface area contributed by atoms with Gasteiger partial charge >= 0.3 is 0 Å². The zero-order chi connectivity index (χ0) is 14.8. The van der Waals surface area contributed by atoms with E-state index in [2.05, 4.69) is 15.1 Å². The maximum Gasteiger partial charge on any atom is 0.234 e. The molecule has 118 valence electrons. The molecule has 1 rings (SSSR count). The van der Waals surface area contributed by atoms with Crippen molar-refractivity contribution in [2.45, 2.75) is 25.8 Å². The summed E-state index contributed by atoms with van der Waals surface area (Å²) in [7, 11) is 1.65. The van der Waals surface area contributed by atoms with Crippen LogP contribution in [-0.4, -0.2) is 81.3 Å². The highest BCUT2D eigenvalue weighted by Crippen LogP contribution is 2.03. The molecule has 1 saturated heterocycles. The van der Waals surface area contributed by atoms with Crippen LogP contribution in [-0.2, 0) is 9.53 Å². The van der Waals surface area contributed by atoms with Crippen molar-refractivity contribution < 1.29 is 9.53 Å². The number of rotatable bonds is 9. The van der Waals surface area contributed by atoms with E-state index >= 15 is 0 Å². The van der Waals surface area contributed by atoms with Gasteiger partial charge in [-0.1, -0.05) is 0 Å². The van der Waals surface area contributed by atoms with Crippen LogP contribution in [0.3, 0.4) is 0 Å². The Kier molecular flexibility index (Phi) is 8.77. The fourth-order valence-electron chi connectivity index (χ4n) is 2.47. The van der Waals surface area contributed by atoms with Gasteiger partial charge in [-0.25, -0.2) is 0 Å². The molecule has 0 radical (unpaired) electrons. The number of hydrogen-bond acceptors (Lipinski definition) is 5. The molecule has 1 atom stereocenters. The third-order valence-corrected chi connectivity index (χ3v) is 3.58. The Morgan fingerprint density at radius 3 is 2.50 bits per heavy atom. The lowest BCUT2D eigenvalue weighted by Gasteiger charge is -2.34. The number of nitrogens with one attached hydrogen (secondary N) is 1. The van der Waals surface area contributed by atoms with Crippen molar-refractivity contribution in [3.63, 3.8) is 0 Å².